The van der Waals surface area contributed by atoms with Gasteiger partial charge in [0.1, 0.15) is 23.2 Å². The van der Waals surface area contributed by atoms with E-state index >= 15 is 0 Å². The number of nitriles is 1. The number of hydrogen-bond donors (Lipinski definition) is 2. The molecule has 1 unspecified atom stereocenters. The van der Waals surface area contributed by atoms with E-state index in [1.807, 2.05) is 13.8 Å². The second kappa shape index (κ2) is 6.28. The van der Waals surface area contributed by atoms with E-state index < -0.39 is 10.8 Å². The van der Waals surface area contributed by atoms with Gasteiger partial charge in [0.05, 0.1) is 16.4 Å². The number of nitro groups is 1. The second-order valence-electron chi connectivity index (χ2n) is 6.45. The lowest BCUT2D eigenvalue weighted by atomic mass is 9.88. The molecule has 1 aliphatic rings. The highest BCUT2D eigenvalue weighted by molar-refractivity contribution is 5.66. The quantitative estimate of drug-likeness (QED) is 0.525. The zero-order valence-corrected chi connectivity index (χ0v) is 15.0. The van der Waals surface area contributed by atoms with Gasteiger partial charge in [-0.2, -0.15) is 5.26 Å². The molecule has 0 radical (unpaired) electrons. The summed E-state index contributed by atoms with van der Waals surface area (Å²) < 4.78 is 11.5. The molecule has 0 saturated heterocycles. The molecular weight excluding hydrogens is 362 g/mol. The van der Waals surface area contributed by atoms with Crippen molar-refractivity contribution in [3.63, 3.8) is 0 Å². The average Bonchev–Trinajstić information content (AvgIpc) is 3.28. The van der Waals surface area contributed by atoms with Crippen molar-refractivity contribution in [2.45, 2.75) is 19.8 Å². The third kappa shape index (κ3) is 2.59. The summed E-state index contributed by atoms with van der Waals surface area (Å²) in [6.07, 6.45) is 0. The Morgan fingerprint density at radius 1 is 1.32 bits per heavy atom. The van der Waals surface area contributed by atoms with E-state index in [2.05, 4.69) is 16.3 Å². The lowest BCUT2D eigenvalue weighted by Gasteiger charge is -2.21. The van der Waals surface area contributed by atoms with Crippen molar-refractivity contribution in [1.29, 1.82) is 5.26 Å². The number of nitrogens with one attached hydrogen (secondary N) is 1. The molecule has 3 heterocycles. The Bertz CT molecular complexity index is 1180. The van der Waals surface area contributed by atoms with Crippen molar-refractivity contribution < 1.29 is 14.1 Å². The maximum Gasteiger partial charge on any atom is 0.270 e. The molecule has 3 N–H and O–H groups in total. The van der Waals surface area contributed by atoms with Crippen LogP contribution in [0.1, 0.15) is 28.5 Å². The van der Waals surface area contributed by atoms with Crippen molar-refractivity contribution in [2.24, 2.45) is 5.73 Å². The van der Waals surface area contributed by atoms with Crippen LogP contribution in [0.4, 0.5) is 5.69 Å². The molecule has 1 atom stereocenters. The molecule has 0 amide bonds. The Kier molecular flexibility index (Phi) is 3.89. The van der Waals surface area contributed by atoms with E-state index in [1.54, 1.807) is 18.2 Å². The molecular formula is C19H15N5O4. The molecule has 1 aliphatic heterocycles. The van der Waals surface area contributed by atoms with Crippen LogP contribution in [0.2, 0.25) is 0 Å². The Hall–Kier alpha value is -4.06. The number of aromatic nitrogens is 2. The number of aryl methyl sites for hydroxylation is 2. The fraction of sp³-hybridized carbons (Fsp3) is 0.158. The number of hydrogen-bond acceptors (Lipinski definition) is 7. The summed E-state index contributed by atoms with van der Waals surface area (Å²) in [5, 5.41) is 27.6. The minimum absolute atomic E-state index is 0.0283. The maximum absolute atomic E-state index is 11.1. The lowest BCUT2D eigenvalue weighted by Crippen LogP contribution is -2.20. The first-order valence-corrected chi connectivity index (χ1v) is 8.38. The minimum Gasteiger partial charge on any atom is -0.460 e. The summed E-state index contributed by atoms with van der Waals surface area (Å²) in [6.45, 7) is 3.65. The third-order valence-corrected chi connectivity index (χ3v) is 4.74. The first-order chi connectivity index (χ1) is 13.4. The first-order valence-electron chi connectivity index (χ1n) is 8.38. The van der Waals surface area contributed by atoms with Gasteiger partial charge in [-0.15, -0.1) is 5.10 Å². The van der Waals surface area contributed by atoms with Gasteiger partial charge in [0.25, 0.3) is 5.69 Å². The third-order valence-electron chi connectivity index (χ3n) is 4.74. The molecule has 140 valence electrons. The Morgan fingerprint density at radius 2 is 2.11 bits per heavy atom. The zero-order valence-electron chi connectivity index (χ0n) is 15.0. The second-order valence-corrected chi connectivity index (χ2v) is 6.45. The summed E-state index contributed by atoms with van der Waals surface area (Å²) in [5.41, 5.74) is 8.92. The van der Waals surface area contributed by atoms with Gasteiger partial charge in [-0.05, 0) is 31.5 Å². The normalized spacial score (nSPS) is 15.7. The standard InChI is InChI=1S/C19H15N5O4/c1-9-3-4-11(24(25)26)7-12(9)14-5-6-15(27-14)17-13(8-20)18(21)28-19-16(17)10(2)22-23-19/h3-7,17H,21H2,1-2H3,(H,22,23). The van der Waals surface area contributed by atoms with Crippen LogP contribution in [-0.2, 0) is 0 Å². The number of ether oxygens (including phenoxy) is 1. The van der Waals surface area contributed by atoms with Crippen LogP contribution < -0.4 is 10.5 Å². The lowest BCUT2D eigenvalue weighted by molar-refractivity contribution is -0.384. The highest BCUT2D eigenvalue weighted by atomic mass is 16.6. The highest BCUT2D eigenvalue weighted by Crippen LogP contribution is 2.44. The number of nitrogens with two attached hydrogens (primary N) is 1. The number of allylic oxidation sites excluding steroid dienone is 1. The van der Waals surface area contributed by atoms with Crippen molar-refractivity contribution in [1.82, 2.24) is 10.2 Å². The van der Waals surface area contributed by atoms with E-state index in [1.165, 1.54) is 12.1 Å². The number of nitrogens with zero attached hydrogens (tertiary/aromatic N) is 3. The van der Waals surface area contributed by atoms with Crippen LogP contribution in [-0.4, -0.2) is 15.1 Å². The molecule has 0 bridgehead atoms. The number of H-pyrrole nitrogens is 1. The topological polar surface area (TPSA) is 144 Å². The van der Waals surface area contributed by atoms with Crippen LogP contribution >= 0.6 is 0 Å². The Morgan fingerprint density at radius 3 is 2.82 bits per heavy atom. The number of fused-ring (bicyclic) bond motifs is 1. The summed E-state index contributed by atoms with van der Waals surface area (Å²) in [4.78, 5) is 10.7. The van der Waals surface area contributed by atoms with Gasteiger partial charge < -0.3 is 14.9 Å². The molecule has 28 heavy (non-hydrogen) atoms. The minimum atomic E-state index is -0.583. The van der Waals surface area contributed by atoms with Crippen molar-refractivity contribution in [3.8, 4) is 23.3 Å². The van der Waals surface area contributed by atoms with Gasteiger partial charge in [-0.25, -0.2) is 0 Å². The van der Waals surface area contributed by atoms with Crippen molar-refractivity contribution in [2.75, 3.05) is 0 Å². The van der Waals surface area contributed by atoms with Crippen molar-refractivity contribution in [3.05, 3.63) is 74.5 Å². The van der Waals surface area contributed by atoms with Crippen LogP contribution in [0, 0.1) is 35.3 Å². The predicted molar refractivity (Wildman–Crippen MR) is 98.2 cm³/mol. The fourth-order valence-corrected chi connectivity index (χ4v) is 3.32. The zero-order chi connectivity index (χ0) is 20.0. The number of nitro benzene ring substituents is 1. The van der Waals surface area contributed by atoms with E-state index in [4.69, 9.17) is 14.9 Å². The predicted octanol–water partition coefficient (Wildman–Crippen LogP) is 3.41. The molecule has 9 nitrogen and oxygen atoms in total. The van der Waals surface area contributed by atoms with E-state index in [-0.39, 0.29) is 17.1 Å². The maximum atomic E-state index is 11.1. The summed E-state index contributed by atoms with van der Waals surface area (Å²) in [6, 6.07) is 10.1. The van der Waals surface area contributed by atoms with Gasteiger partial charge >= 0.3 is 0 Å². The van der Waals surface area contributed by atoms with Gasteiger partial charge in [-0.3, -0.25) is 15.2 Å². The molecule has 3 aromatic rings. The summed E-state index contributed by atoms with van der Waals surface area (Å²) >= 11 is 0. The highest BCUT2D eigenvalue weighted by Gasteiger charge is 2.36. The van der Waals surface area contributed by atoms with Crippen LogP contribution in [0.25, 0.3) is 11.3 Å². The van der Waals surface area contributed by atoms with Crippen molar-refractivity contribution >= 4 is 5.69 Å². The summed E-state index contributed by atoms with van der Waals surface area (Å²) in [5.74, 6) is 0.607. The number of rotatable bonds is 3. The van der Waals surface area contributed by atoms with E-state index in [0.29, 0.717) is 28.5 Å². The Balaban J connectivity index is 1.84. The molecule has 4 rings (SSSR count). The number of benzene rings is 1. The molecule has 0 fully saturated rings. The van der Waals surface area contributed by atoms with Gasteiger partial charge in [0, 0.05) is 23.4 Å². The van der Waals surface area contributed by atoms with Gasteiger partial charge in [0.2, 0.25) is 11.8 Å². The van der Waals surface area contributed by atoms with Crippen LogP contribution in [0.15, 0.2) is 46.2 Å². The molecule has 9 heteroatoms. The largest absolute Gasteiger partial charge is 0.460 e. The smallest absolute Gasteiger partial charge is 0.270 e. The number of non-ortho nitro benzene ring substituents is 1. The van der Waals surface area contributed by atoms with E-state index in [9.17, 15) is 15.4 Å². The van der Waals surface area contributed by atoms with Gasteiger partial charge in [0.15, 0.2) is 0 Å². The molecule has 0 spiro atoms. The fourth-order valence-electron chi connectivity index (χ4n) is 3.32. The molecule has 0 saturated carbocycles. The van der Waals surface area contributed by atoms with Crippen LogP contribution in [0.3, 0.4) is 0 Å². The molecule has 0 aliphatic carbocycles. The number of furan rings is 1. The van der Waals surface area contributed by atoms with E-state index in [0.717, 1.165) is 11.3 Å². The first kappa shape index (κ1) is 17.4. The van der Waals surface area contributed by atoms with Crippen LogP contribution in [0.5, 0.6) is 5.88 Å². The molecule has 1 aromatic carbocycles. The molecule has 2 aromatic heterocycles. The summed E-state index contributed by atoms with van der Waals surface area (Å²) in [7, 11) is 0. The average molecular weight is 377 g/mol. The SMILES string of the molecule is Cc1ccc([N+](=O)[O-])cc1-c1ccc(C2C(C#N)=C(N)Oc3n[nH]c(C)c32)o1. The van der Waals surface area contributed by atoms with Gasteiger partial charge in [-0.1, -0.05) is 6.07 Å². The monoisotopic (exact) mass is 377 g/mol. The Labute approximate surface area is 159 Å². The number of aromatic amines is 1.